The monoisotopic (exact) mass is 366 g/mol. The number of hydrogen-bond acceptors (Lipinski definition) is 7. The Morgan fingerprint density at radius 3 is 2.52 bits per heavy atom. The van der Waals surface area contributed by atoms with Crippen LogP contribution in [0.15, 0.2) is 47.1 Å². The number of aromatic nitrogens is 3. The Morgan fingerprint density at radius 2 is 1.89 bits per heavy atom. The van der Waals surface area contributed by atoms with Crippen LogP contribution in [0.25, 0.3) is 11.5 Å². The summed E-state index contributed by atoms with van der Waals surface area (Å²) in [5.74, 6) is 2.05. The molecule has 0 radical (unpaired) electrons. The predicted octanol–water partition coefficient (Wildman–Crippen LogP) is 2.39. The predicted molar refractivity (Wildman–Crippen MR) is 95.7 cm³/mol. The van der Waals surface area contributed by atoms with E-state index >= 15 is 0 Å². The average Bonchev–Trinajstić information content (AvgIpc) is 3.16. The number of benzene rings is 1. The molecule has 8 heteroatoms. The number of likely N-dealkylation sites (tertiary alicyclic amines) is 1. The fourth-order valence-corrected chi connectivity index (χ4v) is 2.91. The summed E-state index contributed by atoms with van der Waals surface area (Å²) in [7, 11) is 3.11. The van der Waals surface area contributed by atoms with Crippen LogP contribution < -0.4 is 9.47 Å². The summed E-state index contributed by atoms with van der Waals surface area (Å²) in [6.07, 6.45) is 1.68. The van der Waals surface area contributed by atoms with Crippen molar-refractivity contribution >= 4 is 5.91 Å². The molecule has 0 unspecified atom stereocenters. The van der Waals surface area contributed by atoms with Crippen molar-refractivity contribution in [1.82, 2.24) is 20.0 Å². The van der Waals surface area contributed by atoms with Crippen molar-refractivity contribution < 1.29 is 18.8 Å². The van der Waals surface area contributed by atoms with Gasteiger partial charge in [-0.3, -0.25) is 9.78 Å². The van der Waals surface area contributed by atoms with Gasteiger partial charge in [-0.2, -0.15) is 4.98 Å². The number of hydrogen-bond donors (Lipinski definition) is 0. The fraction of sp³-hybridized carbons (Fsp3) is 0.263. The van der Waals surface area contributed by atoms with Gasteiger partial charge in [0.05, 0.1) is 20.1 Å². The smallest absolute Gasteiger partial charge is 0.254 e. The summed E-state index contributed by atoms with van der Waals surface area (Å²) in [4.78, 5) is 23.0. The van der Waals surface area contributed by atoms with Gasteiger partial charge < -0.3 is 18.9 Å². The summed E-state index contributed by atoms with van der Waals surface area (Å²) in [5, 5.41) is 3.98. The zero-order chi connectivity index (χ0) is 18.8. The molecule has 138 valence electrons. The van der Waals surface area contributed by atoms with Crippen molar-refractivity contribution in [2.24, 2.45) is 0 Å². The maximum atomic E-state index is 12.7. The van der Waals surface area contributed by atoms with E-state index < -0.39 is 0 Å². The van der Waals surface area contributed by atoms with Gasteiger partial charge in [0.25, 0.3) is 5.91 Å². The molecule has 0 N–H and O–H groups in total. The highest BCUT2D eigenvalue weighted by molar-refractivity contribution is 5.95. The third-order valence-electron chi connectivity index (χ3n) is 4.45. The number of carbonyl (C=O) groups is 1. The van der Waals surface area contributed by atoms with Crippen molar-refractivity contribution in [2.45, 2.75) is 5.92 Å². The van der Waals surface area contributed by atoms with Crippen LogP contribution in [0.2, 0.25) is 0 Å². The van der Waals surface area contributed by atoms with Crippen molar-refractivity contribution in [2.75, 3.05) is 27.3 Å². The second-order valence-electron chi connectivity index (χ2n) is 6.18. The van der Waals surface area contributed by atoms with Crippen LogP contribution in [0.5, 0.6) is 11.5 Å². The van der Waals surface area contributed by atoms with Crippen LogP contribution in [-0.4, -0.2) is 53.2 Å². The van der Waals surface area contributed by atoms with Gasteiger partial charge in [-0.05, 0) is 24.3 Å². The van der Waals surface area contributed by atoms with Crippen molar-refractivity contribution in [3.8, 4) is 23.0 Å². The van der Waals surface area contributed by atoms with E-state index in [9.17, 15) is 4.79 Å². The largest absolute Gasteiger partial charge is 0.497 e. The number of amides is 1. The molecule has 0 atom stereocenters. The number of rotatable bonds is 5. The summed E-state index contributed by atoms with van der Waals surface area (Å²) < 4.78 is 15.8. The highest BCUT2D eigenvalue weighted by Gasteiger charge is 2.36. The Kier molecular flexibility index (Phi) is 4.45. The lowest BCUT2D eigenvalue weighted by molar-refractivity contribution is 0.0568. The minimum absolute atomic E-state index is 0.0198. The molecule has 27 heavy (non-hydrogen) atoms. The van der Waals surface area contributed by atoms with Crippen LogP contribution in [0.3, 0.4) is 0 Å². The Hall–Kier alpha value is -3.42. The molecule has 0 spiro atoms. The molecular weight excluding hydrogens is 348 g/mol. The first-order valence-corrected chi connectivity index (χ1v) is 8.45. The second-order valence-corrected chi connectivity index (χ2v) is 6.18. The number of carbonyl (C=O) groups excluding carboxylic acids is 1. The minimum Gasteiger partial charge on any atom is -0.497 e. The summed E-state index contributed by atoms with van der Waals surface area (Å²) >= 11 is 0. The lowest BCUT2D eigenvalue weighted by Gasteiger charge is -2.37. The quantitative estimate of drug-likeness (QED) is 0.685. The first-order chi connectivity index (χ1) is 13.2. The van der Waals surface area contributed by atoms with E-state index in [2.05, 4.69) is 15.1 Å². The molecule has 1 saturated heterocycles. The molecule has 1 aliphatic heterocycles. The van der Waals surface area contributed by atoms with Gasteiger partial charge in [-0.25, -0.2) is 0 Å². The maximum absolute atomic E-state index is 12.7. The van der Waals surface area contributed by atoms with E-state index in [4.69, 9.17) is 14.0 Å². The molecule has 3 heterocycles. The van der Waals surface area contributed by atoms with Gasteiger partial charge in [0.2, 0.25) is 11.7 Å². The van der Waals surface area contributed by atoms with Crippen molar-refractivity contribution in [3.63, 3.8) is 0 Å². The maximum Gasteiger partial charge on any atom is 0.254 e. The van der Waals surface area contributed by atoms with Gasteiger partial charge in [-0.15, -0.1) is 0 Å². The number of nitrogens with zero attached hydrogens (tertiary/aromatic N) is 4. The molecule has 0 aliphatic carbocycles. The molecular formula is C19H18N4O4. The number of methoxy groups -OCH3 is 2. The molecule has 1 amide bonds. The van der Waals surface area contributed by atoms with Gasteiger partial charge in [0.15, 0.2) is 0 Å². The van der Waals surface area contributed by atoms with E-state index in [-0.39, 0.29) is 11.8 Å². The molecule has 1 fully saturated rings. The van der Waals surface area contributed by atoms with Crippen LogP contribution >= 0.6 is 0 Å². The molecule has 1 aliphatic rings. The molecule has 2 aromatic heterocycles. The molecule has 4 rings (SSSR count). The summed E-state index contributed by atoms with van der Waals surface area (Å²) in [5.41, 5.74) is 1.17. The molecule has 1 aromatic carbocycles. The standard InChI is InChI=1S/C19H18N4O4/c1-25-14-7-12(8-15(9-14)26-2)19(24)23-10-13(11-23)18-21-17(22-27-18)16-5-3-4-6-20-16/h3-9,13H,10-11H2,1-2H3. The van der Waals surface area contributed by atoms with Crippen LogP contribution in [0, 0.1) is 0 Å². The lowest BCUT2D eigenvalue weighted by atomic mass is 9.98. The van der Waals surface area contributed by atoms with E-state index in [0.29, 0.717) is 47.6 Å². The van der Waals surface area contributed by atoms with E-state index in [0.717, 1.165) is 0 Å². The summed E-state index contributed by atoms with van der Waals surface area (Å²) in [6.45, 7) is 1.03. The van der Waals surface area contributed by atoms with Gasteiger partial charge in [0.1, 0.15) is 17.2 Å². The van der Waals surface area contributed by atoms with Gasteiger partial charge >= 0.3 is 0 Å². The highest BCUT2D eigenvalue weighted by atomic mass is 16.5. The Morgan fingerprint density at radius 1 is 1.15 bits per heavy atom. The highest BCUT2D eigenvalue weighted by Crippen LogP contribution is 2.30. The number of pyridine rings is 1. The average molecular weight is 366 g/mol. The van der Waals surface area contributed by atoms with Gasteiger partial charge in [0, 0.05) is 30.9 Å². The minimum atomic E-state index is -0.0899. The molecule has 0 saturated carbocycles. The van der Waals surface area contributed by atoms with E-state index in [1.807, 2.05) is 18.2 Å². The topological polar surface area (TPSA) is 90.6 Å². The normalized spacial score (nSPS) is 13.9. The third kappa shape index (κ3) is 3.33. The van der Waals surface area contributed by atoms with Gasteiger partial charge in [-0.1, -0.05) is 11.2 Å². The molecule has 8 nitrogen and oxygen atoms in total. The zero-order valence-corrected chi connectivity index (χ0v) is 15.0. The lowest BCUT2D eigenvalue weighted by Crippen LogP contribution is -2.48. The molecule has 3 aromatic rings. The van der Waals surface area contributed by atoms with E-state index in [1.165, 1.54) is 0 Å². The van der Waals surface area contributed by atoms with Crippen LogP contribution in [-0.2, 0) is 0 Å². The van der Waals surface area contributed by atoms with Crippen LogP contribution in [0.1, 0.15) is 22.2 Å². The fourth-order valence-electron chi connectivity index (χ4n) is 2.91. The first-order valence-electron chi connectivity index (χ1n) is 8.45. The third-order valence-corrected chi connectivity index (χ3v) is 4.45. The van der Waals surface area contributed by atoms with Crippen LogP contribution in [0.4, 0.5) is 0 Å². The SMILES string of the molecule is COc1cc(OC)cc(C(=O)N2CC(c3nc(-c4ccccn4)no3)C2)c1. The Balaban J connectivity index is 1.44. The molecule has 0 bridgehead atoms. The Bertz CT molecular complexity index is 929. The number of ether oxygens (including phenoxy) is 2. The van der Waals surface area contributed by atoms with E-state index in [1.54, 1.807) is 43.5 Å². The summed E-state index contributed by atoms with van der Waals surface area (Å²) in [6, 6.07) is 10.6. The second kappa shape index (κ2) is 7.06. The van der Waals surface area contributed by atoms with Crippen molar-refractivity contribution in [1.29, 1.82) is 0 Å². The van der Waals surface area contributed by atoms with Crippen molar-refractivity contribution in [3.05, 3.63) is 54.0 Å². The Labute approximate surface area is 155 Å². The zero-order valence-electron chi connectivity index (χ0n) is 15.0. The first kappa shape index (κ1) is 17.0.